The van der Waals surface area contributed by atoms with Crippen molar-refractivity contribution in [2.45, 2.75) is 137 Å². The summed E-state index contributed by atoms with van der Waals surface area (Å²) in [6.45, 7) is 15.2. The predicted octanol–water partition coefficient (Wildman–Crippen LogP) is 7.78. The minimum absolute atomic E-state index is 0.0332. The molecule has 2 saturated heterocycles. The van der Waals surface area contributed by atoms with Crippen LogP contribution in [0.3, 0.4) is 0 Å². The second-order valence-corrected chi connectivity index (χ2v) is 15.3. The molecule has 6 fully saturated rings. The third-order valence-corrected chi connectivity index (χ3v) is 13.4. The molecule has 1 spiro atoms. The maximum Gasteiger partial charge on any atom is 0.306 e. The van der Waals surface area contributed by atoms with E-state index >= 15 is 0 Å². The van der Waals surface area contributed by atoms with Gasteiger partial charge in [0, 0.05) is 18.8 Å². The van der Waals surface area contributed by atoms with E-state index in [0.29, 0.717) is 52.9 Å². The van der Waals surface area contributed by atoms with E-state index in [2.05, 4.69) is 41.5 Å². The van der Waals surface area contributed by atoms with Crippen molar-refractivity contribution in [3.63, 3.8) is 0 Å². The van der Waals surface area contributed by atoms with E-state index < -0.39 is 0 Å². The number of carbonyl (C=O) groups is 1. The Morgan fingerprint density at radius 1 is 0.973 bits per heavy atom. The lowest BCUT2D eigenvalue weighted by Crippen LogP contribution is -2.55. The molecule has 0 amide bonds. The molecule has 0 aromatic heterocycles. The summed E-state index contributed by atoms with van der Waals surface area (Å²) in [7, 11) is 0. The van der Waals surface area contributed by atoms with E-state index in [1.807, 2.05) is 0 Å². The molecule has 0 aromatic carbocycles. The van der Waals surface area contributed by atoms with Crippen molar-refractivity contribution in [2.24, 2.45) is 58.2 Å². The number of hydrogen-bond donors (Lipinski definition) is 0. The topological polar surface area (TPSA) is 44.8 Å². The summed E-state index contributed by atoms with van der Waals surface area (Å²) in [4.78, 5) is 12.5. The molecule has 210 valence electrons. The smallest absolute Gasteiger partial charge is 0.306 e. The predicted molar refractivity (Wildman–Crippen MR) is 146 cm³/mol. The fourth-order valence-corrected chi connectivity index (χ4v) is 11.0. The zero-order valence-corrected chi connectivity index (χ0v) is 24.6. The summed E-state index contributed by atoms with van der Waals surface area (Å²) < 4.78 is 19.5. The van der Waals surface area contributed by atoms with Crippen LogP contribution in [0.1, 0.15) is 119 Å². The van der Waals surface area contributed by atoms with Crippen molar-refractivity contribution in [1.82, 2.24) is 0 Å². The first-order valence-corrected chi connectivity index (χ1v) is 16.1. The monoisotopic (exact) mass is 514 g/mol. The highest BCUT2D eigenvalue weighted by molar-refractivity contribution is 5.69. The van der Waals surface area contributed by atoms with Gasteiger partial charge in [0.25, 0.3) is 0 Å². The molecule has 6 aliphatic rings. The highest BCUT2D eigenvalue weighted by Gasteiger charge is 2.69. The van der Waals surface area contributed by atoms with Crippen molar-refractivity contribution in [3.05, 3.63) is 0 Å². The zero-order valence-electron chi connectivity index (χ0n) is 24.6. The first-order chi connectivity index (χ1) is 17.6. The molecule has 13 atom stereocenters. The molecule has 37 heavy (non-hydrogen) atoms. The van der Waals surface area contributed by atoms with Gasteiger partial charge in [-0.2, -0.15) is 0 Å². The summed E-state index contributed by atoms with van der Waals surface area (Å²) in [5.41, 5.74) is 0.810. The van der Waals surface area contributed by atoms with Gasteiger partial charge in [-0.1, -0.05) is 48.0 Å². The normalized spacial score (nSPS) is 53.6. The van der Waals surface area contributed by atoms with Gasteiger partial charge in [0.15, 0.2) is 5.79 Å². The molecule has 0 bridgehead atoms. The van der Waals surface area contributed by atoms with Gasteiger partial charge >= 0.3 is 5.97 Å². The molecule has 4 heteroatoms. The van der Waals surface area contributed by atoms with Crippen LogP contribution in [0.4, 0.5) is 0 Å². The highest BCUT2D eigenvalue weighted by atomic mass is 16.7. The highest BCUT2D eigenvalue weighted by Crippen LogP contribution is 2.71. The lowest BCUT2D eigenvalue weighted by Gasteiger charge is -2.61. The number of hydrogen-bond acceptors (Lipinski definition) is 4. The van der Waals surface area contributed by atoms with Crippen LogP contribution in [0, 0.1) is 58.2 Å². The fraction of sp³-hybridized carbons (Fsp3) is 0.970. The second-order valence-electron chi connectivity index (χ2n) is 15.3. The van der Waals surface area contributed by atoms with Gasteiger partial charge in [-0.15, -0.1) is 0 Å². The Bertz CT molecular complexity index is 862. The van der Waals surface area contributed by atoms with Crippen LogP contribution in [0.5, 0.6) is 0 Å². The Balaban J connectivity index is 1.13. The number of rotatable bonds is 4. The molecular formula is C33H54O4. The number of carbonyl (C=O) groups excluding carboxylic acids is 1. The largest absolute Gasteiger partial charge is 0.462 e. The Labute approximate surface area is 226 Å². The van der Waals surface area contributed by atoms with Crippen molar-refractivity contribution in [2.75, 3.05) is 6.61 Å². The van der Waals surface area contributed by atoms with Crippen LogP contribution in [-0.2, 0) is 19.0 Å². The third kappa shape index (κ3) is 4.16. The molecule has 4 nitrogen and oxygen atoms in total. The van der Waals surface area contributed by atoms with Crippen molar-refractivity contribution >= 4 is 5.97 Å². The first-order valence-electron chi connectivity index (χ1n) is 16.1. The summed E-state index contributed by atoms with van der Waals surface area (Å²) in [5, 5.41) is 0. The molecule has 0 N–H and O–H groups in total. The van der Waals surface area contributed by atoms with E-state index in [9.17, 15) is 4.79 Å². The summed E-state index contributed by atoms with van der Waals surface area (Å²) >= 11 is 0. The van der Waals surface area contributed by atoms with Crippen LogP contribution >= 0.6 is 0 Å². The van der Waals surface area contributed by atoms with E-state index in [-0.39, 0.29) is 17.9 Å². The molecule has 4 saturated carbocycles. The van der Waals surface area contributed by atoms with Crippen molar-refractivity contribution in [3.8, 4) is 0 Å². The zero-order chi connectivity index (χ0) is 26.2. The van der Waals surface area contributed by atoms with Crippen molar-refractivity contribution < 1.29 is 19.0 Å². The van der Waals surface area contributed by atoms with Crippen LogP contribution in [0.15, 0.2) is 0 Å². The Morgan fingerprint density at radius 2 is 1.76 bits per heavy atom. The van der Waals surface area contributed by atoms with Crippen LogP contribution in [-0.4, -0.2) is 30.6 Å². The minimum atomic E-state index is -0.305. The summed E-state index contributed by atoms with van der Waals surface area (Å²) in [6, 6.07) is 0. The quantitative estimate of drug-likeness (QED) is 0.359. The molecule has 4 aliphatic carbocycles. The van der Waals surface area contributed by atoms with E-state index in [1.165, 1.54) is 44.9 Å². The maximum atomic E-state index is 12.5. The molecule has 2 heterocycles. The third-order valence-electron chi connectivity index (χ3n) is 13.4. The lowest BCUT2D eigenvalue weighted by atomic mass is 9.44. The average Bonchev–Trinajstić information content (AvgIpc) is 3.31. The first kappa shape index (κ1) is 26.6. The summed E-state index contributed by atoms with van der Waals surface area (Å²) in [6.07, 6.45) is 14.6. The second kappa shape index (κ2) is 9.50. The van der Waals surface area contributed by atoms with Gasteiger partial charge in [0.1, 0.15) is 6.10 Å². The molecule has 6 rings (SSSR count). The molecule has 0 radical (unpaired) electrons. The SMILES string of the molecule is CC[C@H](C)CC(=O)O[C@@H]1CC[C@@]2(C)[C@@H](CC[C@@H]3[C@H]2CC[C@]2(C)[C@@H]4[C@H](C[C@H]32)O[C@]2(CC[C@@H](C)CO2)[C@H]4C)C1. The van der Waals surface area contributed by atoms with Gasteiger partial charge in [-0.05, 0) is 110 Å². The van der Waals surface area contributed by atoms with Gasteiger partial charge in [0.2, 0.25) is 0 Å². The molecular weight excluding hydrogens is 460 g/mol. The Hall–Kier alpha value is -0.610. The standard InChI is InChI=1S/C33H54O4/c1-7-20(2)16-29(34)36-24-11-13-31(5)23(17-24)8-9-25-26(31)12-14-32(6)27(25)18-28-30(32)22(4)33(37-28)15-10-21(3)19-35-33/h20-28,30H,7-19H2,1-6H3/t20-,21+,22-,23-,24+,25+,26+,27+,28-,30-,31-,32-,33+/m0/s1. The van der Waals surface area contributed by atoms with Gasteiger partial charge in [-0.25, -0.2) is 0 Å². The van der Waals surface area contributed by atoms with Gasteiger partial charge in [-0.3, -0.25) is 4.79 Å². The lowest BCUT2D eigenvalue weighted by molar-refractivity contribution is -0.273. The summed E-state index contributed by atoms with van der Waals surface area (Å²) in [5.74, 6) is 5.15. The van der Waals surface area contributed by atoms with E-state index in [0.717, 1.165) is 50.0 Å². The number of fused-ring (bicyclic) bond motifs is 7. The van der Waals surface area contributed by atoms with Gasteiger partial charge < -0.3 is 14.2 Å². The fourth-order valence-electron chi connectivity index (χ4n) is 11.0. The number of esters is 1. The van der Waals surface area contributed by atoms with Crippen LogP contribution < -0.4 is 0 Å². The number of ether oxygens (including phenoxy) is 3. The molecule has 2 aliphatic heterocycles. The Kier molecular flexibility index (Phi) is 6.83. The van der Waals surface area contributed by atoms with Crippen LogP contribution in [0.25, 0.3) is 0 Å². The average molecular weight is 515 g/mol. The van der Waals surface area contributed by atoms with Crippen molar-refractivity contribution in [1.29, 1.82) is 0 Å². The van der Waals surface area contributed by atoms with E-state index in [1.54, 1.807) is 0 Å². The van der Waals surface area contributed by atoms with E-state index in [4.69, 9.17) is 14.2 Å². The Morgan fingerprint density at radius 3 is 2.49 bits per heavy atom. The van der Waals surface area contributed by atoms with Crippen LogP contribution in [0.2, 0.25) is 0 Å². The minimum Gasteiger partial charge on any atom is -0.462 e. The maximum absolute atomic E-state index is 12.5. The molecule has 0 unspecified atom stereocenters. The van der Waals surface area contributed by atoms with Gasteiger partial charge in [0.05, 0.1) is 12.7 Å². The molecule has 0 aromatic rings.